The Labute approximate surface area is 136 Å². The quantitative estimate of drug-likeness (QED) is 0.738. The molecule has 104 valence electrons. The fourth-order valence-corrected chi connectivity index (χ4v) is 3.33. The molecule has 1 heterocycles. The molecular formula is C14H18BrIN2O. The van der Waals surface area contributed by atoms with E-state index in [2.05, 4.69) is 43.8 Å². The zero-order valence-electron chi connectivity index (χ0n) is 11.0. The van der Waals surface area contributed by atoms with Crippen LogP contribution in [0, 0.1) is 9.49 Å². The minimum atomic E-state index is 0.115. The topological polar surface area (TPSA) is 32.3 Å². The third kappa shape index (κ3) is 4.16. The van der Waals surface area contributed by atoms with Crippen molar-refractivity contribution in [3.8, 4) is 0 Å². The van der Waals surface area contributed by atoms with Crippen LogP contribution in [0.1, 0.15) is 23.2 Å². The van der Waals surface area contributed by atoms with Crippen LogP contribution in [0.5, 0.6) is 0 Å². The van der Waals surface area contributed by atoms with Crippen molar-refractivity contribution in [3.63, 3.8) is 0 Å². The lowest BCUT2D eigenvalue weighted by atomic mass is 9.97. The van der Waals surface area contributed by atoms with E-state index in [-0.39, 0.29) is 5.91 Å². The Morgan fingerprint density at radius 3 is 2.84 bits per heavy atom. The number of hydrogen-bond donors (Lipinski definition) is 1. The number of amides is 1. The Morgan fingerprint density at radius 2 is 2.16 bits per heavy atom. The van der Waals surface area contributed by atoms with Gasteiger partial charge in [0.25, 0.3) is 5.91 Å². The molecule has 1 aliphatic heterocycles. The number of nitrogens with one attached hydrogen (secondary N) is 1. The molecule has 0 saturated carbocycles. The van der Waals surface area contributed by atoms with Gasteiger partial charge in [0.05, 0.1) is 5.56 Å². The van der Waals surface area contributed by atoms with Crippen molar-refractivity contribution in [1.29, 1.82) is 0 Å². The maximum atomic E-state index is 12.5. The normalized spacial score (nSPS) is 16.4. The number of carbonyl (C=O) groups excluding carboxylic acids is 1. The highest BCUT2D eigenvalue weighted by molar-refractivity contribution is 14.1. The Hall–Kier alpha value is -0.140. The molecule has 2 rings (SSSR count). The molecule has 1 aromatic rings. The van der Waals surface area contributed by atoms with Gasteiger partial charge in [-0.2, -0.15) is 0 Å². The monoisotopic (exact) mass is 436 g/mol. The lowest BCUT2D eigenvalue weighted by Gasteiger charge is -2.27. The molecule has 0 atom stereocenters. The van der Waals surface area contributed by atoms with Gasteiger partial charge in [0.2, 0.25) is 0 Å². The van der Waals surface area contributed by atoms with Crippen LogP contribution in [-0.2, 0) is 0 Å². The molecule has 5 heteroatoms. The van der Waals surface area contributed by atoms with Crippen LogP contribution < -0.4 is 5.32 Å². The fourth-order valence-electron chi connectivity index (χ4n) is 2.40. The van der Waals surface area contributed by atoms with Gasteiger partial charge in [-0.3, -0.25) is 4.79 Å². The number of benzene rings is 1. The molecule has 0 aromatic heterocycles. The minimum absolute atomic E-state index is 0.115. The molecule has 3 nitrogen and oxygen atoms in total. The van der Waals surface area contributed by atoms with Crippen molar-refractivity contribution >= 4 is 44.4 Å². The van der Waals surface area contributed by atoms with Crippen LogP contribution in [-0.4, -0.2) is 37.5 Å². The van der Waals surface area contributed by atoms with E-state index in [1.807, 2.05) is 30.1 Å². The van der Waals surface area contributed by atoms with Gasteiger partial charge in [0.1, 0.15) is 0 Å². The Morgan fingerprint density at radius 1 is 1.47 bits per heavy atom. The number of hydrogen-bond acceptors (Lipinski definition) is 2. The molecule has 1 saturated heterocycles. The van der Waals surface area contributed by atoms with Gasteiger partial charge in [-0.15, -0.1) is 0 Å². The van der Waals surface area contributed by atoms with Crippen molar-refractivity contribution in [2.75, 3.05) is 26.7 Å². The first-order valence-electron chi connectivity index (χ1n) is 6.49. The zero-order chi connectivity index (χ0) is 13.8. The van der Waals surface area contributed by atoms with Gasteiger partial charge in [-0.1, -0.05) is 15.9 Å². The number of nitrogens with zero attached hydrogens (tertiary/aromatic N) is 1. The summed E-state index contributed by atoms with van der Waals surface area (Å²) in [7, 11) is 1.90. The highest BCUT2D eigenvalue weighted by Gasteiger charge is 2.20. The first kappa shape index (κ1) is 15.3. The van der Waals surface area contributed by atoms with E-state index in [0.29, 0.717) is 5.92 Å². The average molecular weight is 437 g/mol. The molecule has 1 N–H and O–H groups in total. The predicted octanol–water partition coefficient (Wildman–Crippen LogP) is 3.13. The first-order valence-corrected chi connectivity index (χ1v) is 8.36. The van der Waals surface area contributed by atoms with Crippen molar-refractivity contribution < 1.29 is 4.79 Å². The lowest BCUT2D eigenvalue weighted by Crippen LogP contribution is -2.37. The van der Waals surface area contributed by atoms with E-state index in [0.717, 1.165) is 46.1 Å². The van der Waals surface area contributed by atoms with Gasteiger partial charge in [-0.25, -0.2) is 0 Å². The molecule has 0 bridgehead atoms. The largest absolute Gasteiger partial charge is 0.341 e. The van der Waals surface area contributed by atoms with Crippen LogP contribution in [0.15, 0.2) is 22.7 Å². The second-order valence-corrected chi connectivity index (χ2v) is 7.08. The summed E-state index contributed by atoms with van der Waals surface area (Å²) in [5.74, 6) is 0.740. The maximum Gasteiger partial charge on any atom is 0.254 e. The van der Waals surface area contributed by atoms with E-state index < -0.39 is 0 Å². The Balaban J connectivity index is 2.03. The van der Waals surface area contributed by atoms with Crippen LogP contribution in [0.4, 0.5) is 0 Å². The van der Waals surface area contributed by atoms with Gasteiger partial charge in [0, 0.05) is 21.6 Å². The van der Waals surface area contributed by atoms with Crippen molar-refractivity contribution in [2.24, 2.45) is 5.92 Å². The van der Waals surface area contributed by atoms with Crippen molar-refractivity contribution in [1.82, 2.24) is 10.2 Å². The number of carbonyl (C=O) groups is 1. The zero-order valence-corrected chi connectivity index (χ0v) is 14.7. The standard InChI is InChI=1S/C14H18BrIN2O/c1-18(9-10-4-6-17-7-5-10)14(19)12-8-11(15)2-3-13(12)16/h2-3,8,10,17H,4-7,9H2,1H3. The third-order valence-electron chi connectivity index (χ3n) is 3.50. The summed E-state index contributed by atoms with van der Waals surface area (Å²) in [6.07, 6.45) is 2.32. The smallest absolute Gasteiger partial charge is 0.254 e. The SMILES string of the molecule is CN(CC1CCNCC1)C(=O)c1cc(Br)ccc1I. The van der Waals surface area contributed by atoms with E-state index in [4.69, 9.17) is 0 Å². The Kier molecular flexibility index (Phi) is 5.65. The first-order chi connectivity index (χ1) is 9.08. The van der Waals surface area contributed by atoms with E-state index in [9.17, 15) is 4.79 Å². The molecule has 19 heavy (non-hydrogen) atoms. The summed E-state index contributed by atoms with van der Waals surface area (Å²) in [6.45, 7) is 2.99. The van der Waals surface area contributed by atoms with E-state index in [1.54, 1.807) is 0 Å². The predicted molar refractivity (Wildman–Crippen MR) is 89.4 cm³/mol. The average Bonchev–Trinajstić information content (AvgIpc) is 2.42. The van der Waals surface area contributed by atoms with E-state index in [1.165, 1.54) is 0 Å². The summed E-state index contributed by atoms with van der Waals surface area (Å²) < 4.78 is 1.95. The van der Waals surface area contributed by atoms with Crippen molar-refractivity contribution in [2.45, 2.75) is 12.8 Å². The number of piperidine rings is 1. The summed E-state index contributed by atoms with van der Waals surface area (Å²) in [4.78, 5) is 14.3. The molecule has 1 aromatic carbocycles. The summed E-state index contributed by atoms with van der Waals surface area (Å²) >= 11 is 5.65. The lowest BCUT2D eigenvalue weighted by molar-refractivity contribution is 0.0761. The van der Waals surface area contributed by atoms with Crippen LogP contribution >= 0.6 is 38.5 Å². The molecule has 0 aliphatic carbocycles. The molecule has 0 radical (unpaired) electrons. The van der Waals surface area contributed by atoms with Crippen LogP contribution in [0.2, 0.25) is 0 Å². The third-order valence-corrected chi connectivity index (χ3v) is 4.93. The molecule has 0 unspecified atom stereocenters. The summed E-state index contributed by atoms with van der Waals surface area (Å²) in [5, 5.41) is 3.35. The minimum Gasteiger partial charge on any atom is -0.341 e. The molecular weight excluding hydrogens is 419 g/mol. The van der Waals surface area contributed by atoms with Crippen LogP contribution in [0.3, 0.4) is 0 Å². The van der Waals surface area contributed by atoms with Gasteiger partial charge in [0.15, 0.2) is 0 Å². The maximum absolute atomic E-state index is 12.5. The summed E-state index contributed by atoms with van der Waals surface area (Å²) in [6, 6.07) is 5.84. The Bertz CT molecular complexity index is 461. The van der Waals surface area contributed by atoms with Gasteiger partial charge in [-0.05, 0) is 72.6 Å². The van der Waals surface area contributed by atoms with Gasteiger partial charge < -0.3 is 10.2 Å². The molecule has 1 fully saturated rings. The fraction of sp³-hybridized carbons (Fsp3) is 0.500. The molecule has 1 aliphatic rings. The second-order valence-electron chi connectivity index (χ2n) is 5.00. The van der Waals surface area contributed by atoms with Gasteiger partial charge >= 0.3 is 0 Å². The van der Waals surface area contributed by atoms with Crippen molar-refractivity contribution in [3.05, 3.63) is 31.8 Å². The summed E-state index contributed by atoms with van der Waals surface area (Å²) in [5.41, 5.74) is 0.784. The highest BCUT2D eigenvalue weighted by atomic mass is 127. The molecule has 0 spiro atoms. The number of rotatable bonds is 3. The number of halogens is 2. The highest BCUT2D eigenvalue weighted by Crippen LogP contribution is 2.21. The molecule has 1 amide bonds. The van der Waals surface area contributed by atoms with Crippen LogP contribution in [0.25, 0.3) is 0 Å². The second kappa shape index (κ2) is 7.04. The van der Waals surface area contributed by atoms with E-state index >= 15 is 0 Å².